The van der Waals surface area contributed by atoms with Crippen LogP contribution in [0, 0.1) is 12.7 Å². The van der Waals surface area contributed by atoms with Gasteiger partial charge in [-0.1, -0.05) is 40.9 Å². The summed E-state index contributed by atoms with van der Waals surface area (Å²) < 4.78 is 11.4. The van der Waals surface area contributed by atoms with Crippen LogP contribution in [0.5, 0.6) is 0 Å². The third kappa shape index (κ3) is 3.72. The maximum atomic E-state index is 12.8. The Labute approximate surface area is 91.6 Å². The Morgan fingerprint density at radius 3 is 2.46 bits per heavy atom. The number of alkyl halides is 3. The van der Waals surface area contributed by atoms with Crippen LogP contribution in [0.4, 0.5) is 4.39 Å². The molecule has 13 heavy (non-hydrogen) atoms. The molecule has 4 heteroatoms. The molecule has 0 saturated heterocycles. The molecule has 1 aromatic carbocycles. The molecule has 0 atom stereocenters. The summed E-state index contributed by atoms with van der Waals surface area (Å²) in [6.45, 7) is 1.85. The van der Waals surface area contributed by atoms with E-state index in [-0.39, 0.29) is 12.2 Å². The first-order valence-electron chi connectivity index (χ1n) is 3.70. The van der Waals surface area contributed by atoms with Gasteiger partial charge in [0, 0.05) is 6.42 Å². The van der Waals surface area contributed by atoms with Crippen LogP contribution in [0.25, 0.3) is 0 Å². The Hall–Kier alpha value is 0.0200. The van der Waals surface area contributed by atoms with Crippen LogP contribution in [-0.4, -0.2) is 3.79 Å². The van der Waals surface area contributed by atoms with Crippen LogP contribution in [0.1, 0.15) is 11.1 Å². The number of hydrogen-bond donors (Lipinski definition) is 0. The minimum Gasteiger partial charge on any atom is -0.207 e. The Morgan fingerprint density at radius 1 is 1.31 bits per heavy atom. The highest BCUT2D eigenvalue weighted by Gasteiger charge is 2.21. The number of rotatable bonds is 1. The highest BCUT2D eigenvalue weighted by atomic mass is 35.6. The average molecular weight is 242 g/mol. The second-order valence-electron chi connectivity index (χ2n) is 2.86. The van der Waals surface area contributed by atoms with Gasteiger partial charge in [-0.25, -0.2) is 4.39 Å². The molecule has 1 rings (SSSR count). The fourth-order valence-electron chi connectivity index (χ4n) is 1.05. The molecule has 0 bridgehead atoms. The first kappa shape index (κ1) is 11.1. The normalized spacial score (nSPS) is 11.8. The predicted molar refractivity (Wildman–Crippen MR) is 55.1 cm³/mol. The van der Waals surface area contributed by atoms with Crippen LogP contribution < -0.4 is 0 Å². The topological polar surface area (TPSA) is 0 Å². The Morgan fingerprint density at radius 2 is 1.92 bits per heavy atom. The first-order chi connectivity index (χ1) is 5.88. The van der Waals surface area contributed by atoms with Crippen molar-refractivity contribution in [3.8, 4) is 0 Å². The van der Waals surface area contributed by atoms with Crippen molar-refractivity contribution in [2.75, 3.05) is 0 Å². The molecular formula is C9H8Cl3F. The van der Waals surface area contributed by atoms with Crippen molar-refractivity contribution in [3.63, 3.8) is 0 Å². The van der Waals surface area contributed by atoms with Gasteiger partial charge < -0.3 is 0 Å². The van der Waals surface area contributed by atoms with Crippen LogP contribution in [0.2, 0.25) is 0 Å². The van der Waals surface area contributed by atoms with Crippen molar-refractivity contribution >= 4 is 34.8 Å². The van der Waals surface area contributed by atoms with Crippen molar-refractivity contribution in [1.82, 2.24) is 0 Å². The molecule has 0 aliphatic heterocycles. The smallest absolute Gasteiger partial charge is 0.194 e. The zero-order valence-electron chi connectivity index (χ0n) is 6.95. The van der Waals surface area contributed by atoms with Crippen LogP contribution in [0.15, 0.2) is 18.2 Å². The quantitative estimate of drug-likeness (QED) is 0.651. The van der Waals surface area contributed by atoms with Gasteiger partial charge in [-0.05, 0) is 30.2 Å². The summed E-state index contributed by atoms with van der Waals surface area (Å²) in [5.74, 6) is -0.310. The molecule has 0 fully saturated rings. The van der Waals surface area contributed by atoms with E-state index in [1.54, 1.807) is 6.07 Å². The summed E-state index contributed by atoms with van der Waals surface area (Å²) in [5, 5.41) is 0. The maximum absolute atomic E-state index is 12.8. The Balaban J connectivity index is 2.94. The van der Waals surface area contributed by atoms with Gasteiger partial charge in [0.15, 0.2) is 3.79 Å². The summed E-state index contributed by atoms with van der Waals surface area (Å²) in [6.07, 6.45) is 0.223. The molecule has 0 aromatic heterocycles. The highest BCUT2D eigenvalue weighted by molar-refractivity contribution is 6.67. The molecule has 0 unspecified atom stereocenters. The summed E-state index contributed by atoms with van der Waals surface area (Å²) in [7, 11) is 0. The third-order valence-electron chi connectivity index (χ3n) is 1.70. The van der Waals surface area contributed by atoms with Crippen LogP contribution in [-0.2, 0) is 6.42 Å². The molecule has 0 amide bonds. The zero-order valence-corrected chi connectivity index (χ0v) is 9.22. The molecule has 0 aliphatic rings. The van der Waals surface area contributed by atoms with Crippen molar-refractivity contribution in [2.45, 2.75) is 17.1 Å². The van der Waals surface area contributed by atoms with Crippen LogP contribution >= 0.6 is 34.8 Å². The lowest BCUT2D eigenvalue weighted by Gasteiger charge is -2.12. The van der Waals surface area contributed by atoms with E-state index in [2.05, 4.69) is 0 Å². The Bertz CT molecular complexity index is 304. The minimum atomic E-state index is -1.36. The van der Waals surface area contributed by atoms with Crippen molar-refractivity contribution in [1.29, 1.82) is 0 Å². The summed E-state index contributed by atoms with van der Waals surface area (Å²) >= 11 is 16.8. The van der Waals surface area contributed by atoms with E-state index < -0.39 is 3.79 Å². The van der Waals surface area contributed by atoms with E-state index in [0.717, 1.165) is 11.1 Å². The van der Waals surface area contributed by atoms with Crippen LogP contribution in [0.3, 0.4) is 0 Å². The van der Waals surface area contributed by atoms with E-state index in [4.69, 9.17) is 34.8 Å². The molecule has 1 aromatic rings. The van der Waals surface area contributed by atoms with Gasteiger partial charge in [0.05, 0.1) is 0 Å². The Kier molecular flexibility index (Phi) is 3.44. The van der Waals surface area contributed by atoms with E-state index in [9.17, 15) is 4.39 Å². The summed E-state index contributed by atoms with van der Waals surface area (Å²) in [5.41, 5.74) is 1.65. The minimum absolute atomic E-state index is 0.223. The van der Waals surface area contributed by atoms with Gasteiger partial charge in [-0.15, -0.1) is 0 Å². The van der Waals surface area contributed by atoms with Gasteiger partial charge in [-0.3, -0.25) is 0 Å². The largest absolute Gasteiger partial charge is 0.207 e. The summed E-state index contributed by atoms with van der Waals surface area (Å²) in [4.78, 5) is 0. The fraction of sp³-hybridized carbons (Fsp3) is 0.333. The summed E-state index contributed by atoms with van der Waals surface area (Å²) in [6, 6.07) is 4.44. The van der Waals surface area contributed by atoms with Gasteiger partial charge >= 0.3 is 0 Å². The molecular weight excluding hydrogens is 233 g/mol. The average Bonchev–Trinajstić information content (AvgIpc) is 1.94. The first-order valence-corrected chi connectivity index (χ1v) is 4.83. The predicted octanol–water partition coefficient (Wildman–Crippen LogP) is 4.05. The van der Waals surface area contributed by atoms with Gasteiger partial charge in [0.2, 0.25) is 0 Å². The van der Waals surface area contributed by atoms with Gasteiger partial charge in [0.25, 0.3) is 0 Å². The third-order valence-corrected chi connectivity index (χ3v) is 2.10. The molecule has 0 saturated carbocycles. The SMILES string of the molecule is Cc1ccc(F)cc1CC(Cl)(Cl)Cl. The molecule has 0 nitrogen and oxygen atoms in total. The van der Waals surface area contributed by atoms with Gasteiger partial charge in [-0.2, -0.15) is 0 Å². The molecule has 72 valence electrons. The van der Waals surface area contributed by atoms with E-state index >= 15 is 0 Å². The molecule has 0 heterocycles. The zero-order chi connectivity index (χ0) is 10.1. The van der Waals surface area contributed by atoms with Crippen molar-refractivity contribution in [2.24, 2.45) is 0 Å². The second-order valence-corrected chi connectivity index (χ2v) is 5.38. The van der Waals surface area contributed by atoms with Crippen molar-refractivity contribution in [3.05, 3.63) is 35.1 Å². The number of benzene rings is 1. The second kappa shape index (κ2) is 4.04. The lowest BCUT2D eigenvalue weighted by Crippen LogP contribution is -2.08. The monoisotopic (exact) mass is 240 g/mol. The fourth-order valence-corrected chi connectivity index (χ4v) is 1.48. The molecule has 0 N–H and O–H groups in total. The lowest BCUT2D eigenvalue weighted by atomic mass is 10.1. The van der Waals surface area contributed by atoms with E-state index in [1.807, 2.05) is 6.92 Å². The molecule has 0 spiro atoms. The molecule has 0 radical (unpaired) electrons. The number of halogens is 4. The number of aryl methyl sites for hydroxylation is 1. The van der Waals surface area contributed by atoms with E-state index in [0.29, 0.717) is 0 Å². The highest BCUT2D eigenvalue weighted by Crippen LogP contribution is 2.31. The standard InChI is InChI=1S/C9H8Cl3F/c1-6-2-3-8(13)4-7(6)5-9(10,11)12/h2-4H,5H2,1H3. The van der Waals surface area contributed by atoms with Gasteiger partial charge in [0.1, 0.15) is 5.82 Å². The molecule has 0 aliphatic carbocycles. The number of hydrogen-bond acceptors (Lipinski definition) is 0. The maximum Gasteiger partial charge on any atom is 0.194 e. The lowest BCUT2D eigenvalue weighted by molar-refractivity contribution is 0.624. The van der Waals surface area contributed by atoms with E-state index in [1.165, 1.54) is 12.1 Å². The van der Waals surface area contributed by atoms with Crippen molar-refractivity contribution < 1.29 is 4.39 Å².